The lowest BCUT2D eigenvalue weighted by molar-refractivity contribution is 0.0665. The summed E-state index contributed by atoms with van der Waals surface area (Å²) in [6, 6.07) is 8.15. The molecule has 0 unspecified atom stereocenters. The molecular weight excluding hydrogens is 523 g/mol. The summed E-state index contributed by atoms with van der Waals surface area (Å²) in [4.78, 5) is 26.9. The maximum atomic E-state index is 15.8. The number of hydrogen-bond acceptors (Lipinski definition) is 8. The minimum absolute atomic E-state index is 0.0243. The highest BCUT2D eigenvalue weighted by atomic mass is 32.1. The predicted molar refractivity (Wildman–Crippen MR) is 145 cm³/mol. The van der Waals surface area contributed by atoms with E-state index in [9.17, 15) is 14.7 Å². The van der Waals surface area contributed by atoms with Gasteiger partial charge in [-0.15, -0.1) is 11.3 Å². The Morgan fingerprint density at radius 1 is 1.31 bits per heavy atom. The summed E-state index contributed by atoms with van der Waals surface area (Å²) in [7, 11) is 0. The smallest absolute Gasteiger partial charge is 0.287 e. The number of thiophene rings is 1. The first-order chi connectivity index (χ1) is 18.6. The number of rotatable bonds is 5. The Balaban J connectivity index is 1.27. The maximum absolute atomic E-state index is 15.8. The van der Waals surface area contributed by atoms with E-state index in [1.807, 2.05) is 13.8 Å². The van der Waals surface area contributed by atoms with Crippen molar-refractivity contribution in [3.05, 3.63) is 73.1 Å². The van der Waals surface area contributed by atoms with Crippen molar-refractivity contribution in [1.29, 1.82) is 0 Å². The average molecular weight is 551 g/mol. The molecule has 10 nitrogen and oxygen atoms in total. The molecule has 1 amide bonds. The fourth-order valence-electron chi connectivity index (χ4n) is 4.98. The van der Waals surface area contributed by atoms with E-state index >= 15 is 4.39 Å². The molecule has 2 aliphatic rings. The summed E-state index contributed by atoms with van der Waals surface area (Å²) in [5.74, 6) is -0.663. The number of aliphatic hydroxyl groups is 1. The van der Waals surface area contributed by atoms with Gasteiger partial charge in [0.1, 0.15) is 5.69 Å². The SMILES string of the molecule is Cc1ccc(-c2cc(Nc3cc4n(n3)CCOC4)c(=O)[nH]n2)c(F)c1NC(=O)c1cc2c(s1)CC(C)(C)[C@H]2O. The molecule has 1 atom stereocenters. The lowest BCUT2D eigenvalue weighted by Gasteiger charge is -2.22. The zero-order valence-corrected chi connectivity index (χ0v) is 22.4. The van der Waals surface area contributed by atoms with Crippen LogP contribution < -0.4 is 16.2 Å². The fourth-order valence-corrected chi connectivity index (χ4v) is 6.31. The second-order valence-corrected chi connectivity index (χ2v) is 11.7. The first kappa shape index (κ1) is 25.4. The van der Waals surface area contributed by atoms with Crippen LogP contribution in [0.15, 0.2) is 35.1 Å². The minimum Gasteiger partial charge on any atom is -0.388 e. The van der Waals surface area contributed by atoms with Gasteiger partial charge in [0.25, 0.3) is 11.5 Å². The highest BCUT2D eigenvalue weighted by Crippen LogP contribution is 2.48. The number of H-pyrrole nitrogens is 1. The summed E-state index contributed by atoms with van der Waals surface area (Å²) in [6.45, 7) is 7.28. The third-order valence-electron chi connectivity index (χ3n) is 7.21. The quantitative estimate of drug-likeness (QED) is 0.291. The number of aliphatic hydroxyl groups excluding tert-OH is 1. The molecule has 3 aromatic heterocycles. The Morgan fingerprint density at radius 2 is 2.13 bits per heavy atom. The number of carbonyl (C=O) groups excluding carboxylic acids is 1. The number of nitrogens with one attached hydrogen (secondary N) is 3. The number of benzene rings is 1. The van der Waals surface area contributed by atoms with Crippen molar-refractivity contribution in [2.75, 3.05) is 17.2 Å². The van der Waals surface area contributed by atoms with Crippen molar-refractivity contribution in [2.24, 2.45) is 5.41 Å². The molecule has 202 valence electrons. The molecule has 0 spiro atoms. The van der Waals surface area contributed by atoms with Gasteiger partial charge in [0.05, 0.1) is 47.8 Å². The summed E-state index contributed by atoms with van der Waals surface area (Å²) >= 11 is 1.31. The Kier molecular flexibility index (Phi) is 6.12. The molecule has 1 aliphatic carbocycles. The molecule has 1 aromatic carbocycles. The number of anilines is 3. The highest BCUT2D eigenvalue weighted by Gasteiger charge is 2.40. The van der Waals surface area contributed by atoms with Gasteiger partial charge in [-0.25, -0.2) is 9.49 Å². The first-order valence-corrected chi connectivity index (χ1v) is 13.3. The van der Waals surface area contributed by atoms with Crippen LogP contribution >= 0.6 is 11.3 Å². The summed E-state index contributed by atoms with van der Waals surface area (Å²) in [5.41, 5.74) is 1.86. The van der Waals surface area contributed by atoms with Crippen molar-refractivity contribution < 1.29 is 19.0 Å². The van der Waals surface area contributed by atoms with Crippen molar-refractivity contribution in [3.8, 4) is 11.3 Å². The summed E-state index contributed by atoms with van der Waals surface area (Å²) in [5, 5.41) is 27.2. The van der Waals surface area contributed by atoms with Crippen molar-refractivity contribution >= 4 is 34.4 Å². The number of carbonyl (C=O) groups is 1. The molecular formula is C27H27FN6O4S. The number of halogens is 1. The van der Waals surface area contributed by atoms with Crippen molar-refractivity contribution in [2.45, 2.75) is 46.4 Å². The average Bonchev–Trinajstić information content (AvgIpc) is 3.55. The lowest BCUT2D eigenvalue weighted by Crippen LogP contribution is -2.18. The van der Waals surface area contributed by atoms with E-state index in [1.54, 1.807) is 35.9 Å². The minimum atomic E-state index is -0.672. The first-order valence-electron chi connectivity index (χ1n) is 12.5. The molecule has 4 N–H and O–H groups in total. The van der Waals surface area contributed by atoms with E-state index in [1.165, 1.54) is 17.4 Å². The third-order valence-corrected chi connectivity index (χ3v) is 8.36. The van der Waals surface area contributed by atoms with Crippen molar-refractivity contribution in [1.82, 2.24) is 20.0 Å². The summed E-state index contributed by atoms with van der Waals surface area (Å²) in [6.07, 6.45) is 0.0237. The van der Waals surface area contributed by atoms with Gasteiger partial charge in [0.2, 0.25) is 0 Å². The van der Waals surface area contributed by atoms with E-state index in [0.717, 1.165) is 16.1 Å². The monoisotopic (exact) mass is 550 g/mol. The number of fused-ring (bicyclic) bond motifs is 2. The second-order valence-electron chi connectivity index (χ2n) is 10.5. The van der Waals surface area contributed by atoms with Gasteiger partial charge < -0.3 is 20.5 Å². The molecule has 12 heteroatoms. The molecule has 4 aromatic rings. The van der Waals surface area contributed by atoms with E-state index in [-0.39, 0.29) is 28.0 Å². The van der Waals surface area contributed by atoms with Crippen LogP contribution in [0.5, 0.6) is 0 Å². The molecule has 1 aliphatic heterocycles. The second kappa shape index (κ2) is 9.40. The Labute approximate surface area is 226 Å². The van der Waals surface area contributed by atoms with Gasteiger partial charge in [0.15, 0.2) is 11.6 Å². The third kappa shape index (κ3) is 4.54. The molecule has 0 fully saturated rings. The molecule has 0 saturated heterocycles. The van der Waals surface area contributed by atoms with E-state index in [4.69, 9.17) is 4.74 Å². The van der Waals surface area contributed by atoms with Gasteiger partial charge >= 0.3 is 0 Å². The predicted octanol–water partition coefficient (Wildman–Crippen LogP) is 4.28. The van der Waals surface area contributed by atoms with Gasteiger partial charge in [-0.05, 0) is 48.1 Å². The highest BCUT2D eigenvalue weighted by molar-refractivity contribution is 7.14. The van der Waals surface area contributed by atoms with Gasteiger partial charge in [-0.3, -0.25) is 14.3 Å². The molecule has 4 heterocycles. The largest absolute Gasteiger partial charge is 0.388 e. The fraction of sp³-hybridized carbons (Fsp3) is 0.333. The Morgan fingerprint density at radius 3 is 2.90 bits per heavy atom. The van der Waals surface area contributed by atoms with Crippen molar-refractivity contribution in [3.63, 3.8) is 0 Å². The van der Waals surface area contributed by atoms with Gasteiger partial charge in [-0.2, -0.15) is 10.2 Å². The van der Waals surface area contributed by atoms with Crippen LogP contribution in [0.4, 0.5) is 21.6 Å². The standard InChI is InChI=1S/C27H27FN6O4S/c1-13-4-5-15(17-10-18(25(36)32-31-17)29-21-8-14-12-38-7-6-34(14)33-21)22(28)23(13)30-26(37)19-9-16-20(39-19)11-27(2,3)24(16)35/h4-5,8-10,24,35H,6-7,11-12H2,1-3H3,(H,30,37)(H,32,36)(H,29,31,33)/t24-/m0/s1. The molecule has 0 radical (unpaired) electrons. The van der Waals surface area contributed by atoms with E-state index < -0.39 is 23.4 Å². The van der Waals surface area contributed by atoms with Crippen LogP contribution in [-0.2, 0) is 24.3 Å². The topological polar surface area (TPSA) is 134 Å². The Bertz CT molecular complexity index is 1650. The number of nitrogens with zero attached hydrogens (tertiary/aromatic N) is 3. The Hall–Kier alpha value is -3.87. The zero-order valence-electron chi connectivity index (χ0n) is 21.6. The van der Waals surface area contributed by atoms with Crippen LogP contribution in [0.1, 0.15) is 51.3 Å². The van der Waals surface area contributed by atoms with Gasteiger partial charge in [0, 0.05) is 16.5 Å². The van der Waals surface area contributed by atoms with Crippen LogP contribution in [0.3, 0.4) is 0 Å². The number of aryl methyl sites for hydroxylation is 1. The maximum Gasteiger partial charge on any atom is 0.287 e. The number of aromatic amines is 1. The van der Waals surface area contributed by atoms with Crippen LogP contribution in [0.25, 0.3) is 11.3 Å². The molecule has 39 heavy (non-hydrogen) atoms. The summed E-state index contributed by atoms with van der Waals surface area (Å²) < 4.78 is 23.0. The molecule has 6 rings (SSSR count). The van der Waals surface area contributed by atoms with Gasteiger partial charge in [-0.1, -0.05) is 19.9 Å². The van der Waals surface area contributed by atoms with E-state index in [2.05, 4.69) is 25.9 Å². The zero-order chi connectivity index (χ0) is 27.5. The number of aromatic nitrogens is 4. The molecule has 0 bridgehead atoms. The normalized spacial score (nSPS) is 17.5. The number of hydrogen-bond donors (Lipinski definition) is 4. The number of amides is 1. The van der Waals surface area contributed by atoms with Crippen LogP contribution in [0.2, 0.25) is 0 Å². The van der Waals surface area contributed by atoms with Crippen LogP contribution in [-0.4, -0.2) is 37.6 Å². The van der Waals surface area contributed by atoms with E-state index in [0.29, 0.717) is 42.4 Å². The number of ether oxygens (including phenoxy) is 1. The lowest BCUT2D eigenvalue weighted by atomic mass is 9.88. The van der Waals surface area contributed by atoms with Crippen LogP contribution in [0, 0.1) is 18.2 Å². The molecule has 0 saturated carbocycles.